The lowest BCUT2D eigenvalue weighted by Crippen LogP contribution is -2.19. The van der Waals surface area contributed by atoms with Crippen LogP contribution in [0.25, 0.3) is 0 Å². The lowest BCUT2D eigenvalue weighted by Gasteiger charge is -2.07. The first-order valence-corrected chi connectivity index (χ1v) is 6.35. The van der Waals surface area contributed by atoms with E-state index in [-0.39, 0.29) is 19.1 Å². The zero-order valence-electron chi connectivity index (χ0n) is 10.4. The molecule has 0 radical (unpaired) electrons. The molecule has 0 aliphatic carbocycles. The van der Waals surface area contributed by atoms with Crippen molar-refractivity contribution in [2.24, 2.45) is 0 Å². The van der Waals surface area contributed by atoms with Gasteiger partial charge in [-0.25, -0.2) is 0 Å². The number of carbonyl (C=O) groups is 1. The van der Waals surface area contributed by atoms with E-state index in [1.54, 1.807) is 0 Å². The van der Waals surface area contributed by atoms with Crippen LogP contribution < -0.4 is 5.32 Å². The first-order valence-electron chi connectivity index (χ1n) is 5.82. The first kappa shape index (κ1) is 14.8. The highest BCUT2D eigenvalue weighted by molar-refractivity contribution is 6.17. The van der Waals surface area contributed by atoms with Gasteiger partial charge in [0.05, 0.1) is 13.2 Å². The van der Waals surface area contributed by atoms with Crippen molar-refractivity contribution in [3.63, 3.8) is 0 Å². The second-order valence-electron chi connectivity index (χ2n) is 3.74. The number of rotatable bonds is 8. The molecule has 0 fully saturated rings. The number of esters is 1. The highest BCUT2D eigenvalue weighted by Gasteiger charge is 2.02. The van der Waals surface area contributed by atoms with Crippen LogP contribution in [-0.2, 0) is 14.3 Å². The molecule has 0 spiro atoms. The van der Waals surface area contributed by atoms with Gasteiger partial charge >= 0.3 is 5.97 Å². The Morgan fingerprint density at radius 3 is 2.61 bits per heavy atom. The van der Waals surface area contributed by atoms with Crippen molar-refractivity contribution in [2.45, 2.75) is 6.92 Å². The Bertz CT molecular complexity index is 354. The van der Waals surface area contributed by atoms with Crippen LogP contribution in [0.5, 0.6) is 0 Å². The van der Waals surface area contributed by atoms with E-state index in [9.17, 15) is 4.79 Å². The highest BCUT2D eigenvalue weighted by Crippen LogP contribution is 2.07. The van der Waals surface area contributed by atoms with E-state index >= 15 is 0 Å². The number of halogens is 1. The molecule has 0 aliphatic rings. The standard InChI is InChI=1S/C13H18ClNO3/c1-11-2-4-12(5-3-11)15-10-13(16)18-9-8-17-7-6-14/h2-5,15H,6-10H2,1H3. The summed E-state index contributed by atoms with van der Waals surface area (Å²) < 4.78 is 10.0. The maximum Gasteiger partial charge on any atom is 0.325 e. The molecule has 0 saturated carbocycles. The van der Waals surface area contributed by atoms with Gasteiger partial charge in [0.25, 0.3) is 0 Å². The van der Waals surface area contributed by atoms with Gasteiger partial charge in [0.1, 0.15) is 13.2 Å². The van der Waals surface area contributed by atoms with Gasteiger partial charge in [0.15, 0.2) is 0 Å². The number of alkyl halides is 1. The molecule has 1 aromatic rings. The molecule has 100 valence electrons. The molecule has 0 saturated heterocycles. The van der Waals surface area contributed by atoms with Crippen LogP contribution in [0.4, 0.5) is 5.69 Å². The number of carbonyl (C=O) groups excluding carboxylic acids is 1. The summed E-state index contributed by atoms with van der Waals surface area (Å²) in [5.41, 5.74) is 2.08. The molecule has 1 aromatic carbocycles. The average Bonchev–Trinajstić information content (AvgIpc) is 2.38. The summed E-state index contributed by atoms with van der Waals surface area (Å²) in [6.07, 6.45) is 0. The number of hydrogen-bond donors (Lipinski definition) is 1. The van der Waals surface area contributed by atoms with Crippen LogP contribution in [0.1, 0.15) is 5.56 Å². The molecule has 0 heterocycles. The minimum absolute atomic E-state index is 0.151. The Labute approximate surface area is 112 Å². The normalized spacial score (nSPS) is 10.1. The van der Waals surface area contributed by atoms with E-state index in [1.165, 1.54) is 5.56 Å². The molecular formula is C13H18ClNO3. The summed E-state index contributed by atoms with van der Waals surface area (Å²) in [6, 6.07) is 7.81. The van der Waals surface area contributed by atoms with Gasteiger partial charge in [-0.15, -0.1) is 11.6 Å². The second kappa shape index (κ2) is 8.78. The quantitative estimate of drug-likeness (QED) is 0.447. The SMILES string of the molecule is Cc1ccc(NCC(=O)OCCOCCCl)cc1. The molecule has 1 N–H and O–H groups in total. The third-order valence-corrected chi connectivity index (χ3v) is 2.35. The Hall–Kier alpha value is -1.26. The summed E-state index contributed by atoms with van der Waals surface area (Å²) in [6.45, 7) is 3.27. The zero-order chi connectivity index (χ0) is 13.2. The predicted octanol–water partition coefficient (Wildman–Crippen LogP) is 2.21. The Kier molecular flexibility index (Phi) is 7.22. The minimum atomic E-state index is -0.301. The van der Waals surface area contributed by atoms with Crippen molar-refractivity contribution in [3.05, 3.63) is 29.8 Å². The molecular weight excluding hydrogens is 254 g/mol. The van der Waals surface area contributed by atoms with E-state index in [0.717, 1.165) is 5.69 Å². The highest BCUT2D eigenvalue weighted by atomic mass is 35.5. The first-order chi connectivity index (χ1) is 8.72. The topological polar surface area (TPSA) is 47.6 Å². The van der Waals surface area contributed by atoms with Crippen LogP contribution in [0.3, 0.4) is 0 Å². The molecule has 0 unspecified atom stereocenters. The Balaban J connectivity index is 2.11. The van der Waals surface area contributed by atoms with Crippen molar-refractivity contribution in [2.75, 3.05) is 37.6 Å². The fourth-order valence-electron chi connectivity index (χ4n) is 1.27. The van der Waals surface area contributed by atoms with Gasteiger partial charge in [0, 0.05) is 11.6 Å². The lowest BCUT2D eigenvalue weighted by atomic mass is 10.2. The number of benzene rings is 1. The molecule has 18 heavy (non-hydrogen) atoms. The number of aryl methyl sites for hydroxylation is 1. The van der Waals surface area contributed by atoms with E-state index in [4.69, 9.17) is 21.1 Å². The third kappa shape index (κ3) is 6.47. The monoisotopic (exact) mass is 271 g/mol. The number of nitrogens with one attached hydrogen (secondary N) is 1. The number of ether oxygens (including phenoxy) is 2. The third-order valence-electron chi connectivity index (χ3n) is 2.20. The van der Waals surface area contributed by atoms with E-state index in [0.29, 0.717) is 19.1 Å². The molecule has 0 aromatic heterocycles. The molecule has 5 heteroatoms. The molecule has 0 aliphatic heterocycles. The van der Waals surface area contributed by atoms with Gasteiger partial charge in [0.2, 0.25) is 0 Å². The maximum absolute atomic E-state index is 11.3. The van der Waals surface area contributed by atoms with Crippen molar-refractivity contribution in [1.29, 1.82) is 0 Å². The number of hydrogen-bond acceptors (Lipinski definition) is 4. The van der Waals surface area contributed by atoms with Gasteiger partial charge in [-0.1, -0.05) is 17.7 Å². The summed E-state index contributed by atoms with van der Waals surface area (Å²) in [5, 5.41) is 2.99. The van der Waals surface area contributed by atoms with Crippen LogP contribution >= 0.6 is 11.6 Å². The van der Waals surface area contributed by atoms with Crippen molar-refractivity contribution < 1.29 is 14.3 Å². The largest absolute Gasteiger partial charge is 0.462 e. The molecule has 0 amide bonds. The lowest BCUT2D eigenvalue weighted by molar-refractivity contribution is -0.142. The molecule has 4 nitrogen and oxygen atoms in total. The van der Waals surface area contributed by atoms with Crippen molar-refractivity contribution in [1.82, 2.24) is 0 Å². The fraction of sp³-hybridized carbons (Fsp3) is 0.462. The van der Waals surface area contributed by atoms with E-state index in [1.807, 2.05) is 31.2 Å². The summed E-state index contributed by atoms with van der Waals surface area (Å²) >= 11 is 5.43. The predicted molar refractivity (Wildman–Crippen MR) is 72.2 cm³/mol. The molecule has 1 rings (SSSR count). The summed E-state index contributed by atoms with van der Waals surface area (Å²) in [5.74, 6) is 0.146. The maximum atomic E-state index is 11.3. The second-order valence-corrected chi connectivity index (χ2v) is 4.12. The van der Waals surface area contributed by atoms with Gasteiger partial charge in [-0.05, 0) is 19.1 Å². The summed E-state index contributed by atoms with van der Waals surface area (Å²) in [4.78, 5) is 11.3. The van der Waals surface area contributed by atoms with Gasteiger partial charge < -0.3 is 14.8 Å². The van der Waals surface area contributed by atoms with Crippen molar-refractivity contribution in [3.8, 4) is 0 Å². The molecule has 0 atom stereocenters. The zero-order valence-corrected chi connectivity index (χ0v) is 11.2. The Morgan fingerprint density at radius 2 is 1.94 bits per heavy atom. The fourth-order valence-corrected chi connectivity index (χ4v) is 1.38. The van der Waals surface area contributed by atoms with E-state index in [2.05, 4.69) is 5.32 Å². The molecule has 0 bridgehead atoms. The summed E-state index contributed by atoms with van der Waals surface area (Å²) in [7, 11) is 0. The van der Waals surface area contributed by atoms with Crippen LogP contribution in [0.2, 0.25) is 0 Å². The smallest absolute Gasteiger partial charge is 0.325 e. The van der Waals surface area contributed by atoms with Gasteiger partial charge in [-0.3, -0.25) is 4.79 Å². The van der Waals surface area contributed by atoms with Crippen LogP contribution in [-0.4, -0.2) is 38.2 Å². The minimum Gasteiger partial charge on any atom is -0.462 e. The average molecular weight is 272 g/mol. The van der Waals surface area contributed by atoms with Crippen LogP contribution in [0, 0.1) is 6.92 Å². The van der Waals surface area contributed by atoms with E-state index < -0.39 is 0 Å². The Morgan fingerprint density at radius 1 is 1.22 bits per heavy atom. The number of anilines is 1. The van der Waals surface area contributed by atoms with Crippen LogP contribution in [0.15, 0.2) is 24.3 Å². The van der Waals surface area contributed by atoms with Gasteiger partial charge in [-0.2, -0.15) is 0 Å². The van der Waals surface area contributed by atoms with Crippen molar-refractivity contribution >= 4 is 23.3 Å².